The highest BCUT2D eigenvalue weighted by Crippen LogP contribution is 2.44. The lowest BCUT2D eigenvalue weighted by atomic mass is 9.95. The maximum atomic E-state index is 14.2. The molecule has 0 fully saturated rings. The van der Waals surface area contributed by atoms with Gasteiger partial charge in [-0.05, 0) is 57.9 Å². The maximum Gasteiger partial charge on any atom is 0.355 e. The second-order valence-electron chi connectivity index (χ2n) is 8.66. The fraction of sp³-hybridized carbons (Fsp3) is 0.233. The van der Waals surface area contributed by atoms with Crippen LogP contribution in [0, 0.1) is 0 Å². The SMILES string of the molecule is COC(=O)COc1cccc(-n2c(C(=O)OC)c(-c3cc(Br)c(OC)c(OC)c3)c3cc(OC)c(OC)cc3c2=O)c1. The first-order valence-corrected chi connectivity index (χ1v) is 13.2. The van der Waals surface area contributed by atoms with Gasteiger partial charge in [-0.2, -0.15) is 0 Å². The van der Waals surface area contributed by atoms with Gasteiger partial charge in [0.1, 0.15) is 11.4 Å². The number of hydrogen-bond acceptors (Lipinski definition) is 10. The number of carbonyl (C=O) groups is 2. The summed E-state index contributed by atoms with van der Waals surface area (Å²) in [4.78, 5) is 39.5. The molecule has 11 nitrogen and oxygen atoms in total. The van der Waals surface area contributed by atoms with Gasteiger partial charge in [0.05, 0.1) is 58.2 Å². The lowest BCUT2D eigenvalue weighted by Crippen LogP contribution is -2.27. The van der Waals surface area contributed by atoms with Gasteiger partial charge in [-0.1, -0.05) is 6.07 Å². The first kappa shape index (κ1) is 30.3. The summed E-state index contributed by atoms with van der Waals surface area (Å²) in [6.07, 6.45) is 0. The second kappa shape index (κ2) is 12.9. The molecule has 0 aliphatic carbocycles. The second-order valence-corrected chi connectivity index (χ2v) is 9.52. The van der Waals surface area contributed by atoms with Crippen molar-refractivity contribution in [2.75, 3.05) is 49.3 Å². The first-order chi connectivity index (χ1) is 20.2. The van der Waals surface area contributed by atoms with Crippen LogP contribution in [-0.4, -0.2) is 65.8 Å². The van der Waals surface area contributed by atoms with Crippen LogP contribution in [0.15, 0.2) is 57.8 Å². The Labute approximate surface area is 249 Å². The zero-order chi connectivity index (χ0) is 30.6. The Kier molecular flexibility index (Phi) is 9.26. The molecule has 1 aromatic heterocycles. The minimum absolute atomic E-state index is 0.0774. The molecule has 0 aliphatic heterocycles. The highest BCUT2D eigenvalue weighted by molar-refractivity contribution is 9.10. The topological polar surface area (TPSA) is 121 Å². The van der Waals surface area contributed by atoms with Crippen molar-refractivity contribution in [2.24, 2.45) is 0 Å². The van der Waals surface area contributed by atoms with Crippen molar-refractivity contribution in [3.8, 4) is 45.6 Å². The van der Waals surface area contributed by atoms with Gasteiger partial charge in [-0.3, -0.25) is 9.36 Å². The van der Waals surface area contributed by atoms with E-state index in [0.29, 0.717) is 44.0 Å². The number of hydrogen-bond donors (Lipinski definition) is 0. The van der Waals surface area contributed by atoms with Gasteiger partial charge in [0.25, 0.3) is 5.56 Å². The van der Waals surface area contributed by atoms with Crippen molar-refractivity contribution in [1.82, 2.24) is 4.57 Å². The number of carbonyl (C=O) groups excluding carboxylic acids is 2. The van der Waals surface area contributed by atoms with Crippen LogP contribution >= 0.6 is 15.9 Å². The zero-order valence-electron chi connectivity index (χ0n) is 23.7. The standard InChI is InChI=1S/C30H28BrNO10/c1-36-22-13-19-20(14-23(22)37-2)29(34)32(17-8-7-9-18(12-17)42-15-25(33)39-4)27(30(35)41-6)26(19)16-10-21(31)28(40-5)24(11-16)38-3/h7-14H,15H2,1-6H3. The smallest absolute Gasteiger partial charge is 0.355 e. The van der Waals surface area contributed by atoms with E-state index in [-0.39, 0.29) is 29.1 Å². The third kappa shape index (κ3) is 5.57. The van der Waals surface area contributed by atoms with Crippen LogP contribution < -0.4 is 29.2 Å². The first-order valence-electron chi connectivity index (χ1n) is 12.4. The van der Waals surface area contributed by atoms with E-state index < -0.39 is 17.5 Å². The van der Waals surface area contributed by atoms with E-state index in [2.05, 4.69) is 20.7 Å². The number of pyridine rings is 1. The summed E-state index contributed by atoms with van der Waals surface area (Å²) in [5.74, 6) is 0.372. The lowest BCUT2D eigenvalue weighted by Gasteiger charge is -2.21. The summed E-state index contributed by atoms with van der Waals surface area (Å²) in [6.45, 7) is -0.349. The predicted octanol–water partition coefficient (Wildman–Crippen LogP) is 4.79. The molecule has 12 heteroatoms. The predicted molar refractivity (Wildman–Crippen MR) is 158 cm³/mol. The Morgan fingerprint density at radius 3 is 2.05 bits per heavy atom. The van der Waals surface area contributed by atoms with Gasteiger partial charge in [0.15, 0.2) is 29.6 Å². The zero-order valence-corrected chi connectivity index (χ0v) is 25.3. The van der Waals surface area contributed by atoms with Gasteiger partial charge in [0.2, 0.25) is 0 Å². The molecule has 0 saturated carbocycles. The van der Waals surface area contributed by atoms with Crippen molar-refractivity contribution in [1.29, 1.82) is 0 Å². The van der Waals surface area contributed by atoms with Crippen molar-refractivity contribution in [3.63, 3.8) is 0 Å². The minimum Gasteiger partial charge on any atom is -0.493 e. The number of methoxy groups -OCH3 is 6. The fourth-order valence-corrected chi connectivity index (χ4v) is 5.13. The monoisotopic (exact) mass is 641 g/mol. The average molecular weight is 642 g/mol. The van der Waals surface area contributed by atoms with E-state index in [1.165, 1.54) is 53.3 Å². The third-order valence-corrected chi connectivity index (χ3v) is 7.04. The number of esters is 2. The highest BCUT2D eigenvalue weighted by atomic mass is 79.9. The van der Waals surface area contributed by atoms with E-state index >= 15 is 0 Å². The Morgan fingerprint density at radius 2 is 1.45 bits per heavy atom. The molecule has 0 saturated heterocycles. The molecule has 42 heavy (non-hydrogen) atoms. The van der Waals surface area contributed by atoms with Crippen LogP contribution in [0.2, 0.25) is 0 Å². The molecule has 0 spiro atoms. The van der Waals surface area contributed by atoms with Crippen LogP contribution in [0.1, 0.15) is 10.5 Å². The Balaban J connectivity index is 2.18. The van der Waals surface area contributed by atoms with Gasteiger partial charge in [-0.25, -0.2) is 9.59 Å². The van der Waals surface area contributed by atoms with Crippen molar-refractivity contribution >= 4 is 38.6 Å². The number of fused-ring (bicyclic) bond motifs is 1. The number of rotatable bonds is 10. The molecule has 0 N–H and O–H groups in total. The molecule has 0 radical (unpaired) electrons. The Morgan fingerprint density at radius 1 is 0.786 bits per heavy atom. The van der Waals surface area contributed by atoms with Gasteiger partial charge < -0.3 is 33.2 Å². The molecule has 4 aromatic rings. The molecule has 3 aromatic carbocycles. The number of nitrogens with zero attached hydrogens (tertiary/aromatic N) is 1. The van der Waals surface area contributed by atoms with Crippen molar-refractivity contribution in [3.05, 3.63) is 69.1 Å². The van der Waals surface area contributed by atoms with Crippen LogP contribution in [0.3, 0.4) is 0 Å². The molecule has 0 atom stereocenters. The third-order valence-electron chi connectivity index (χ3n) is 6.45. The summed E-state index contributed by atoms with van der Waals surface area (Å²) in [6, 6.07) is 13.0. The number of halogens is 1. The number of benzene rings is 3. The molecule has 4 rings (SSSR count). The van der Waals surface area contributed by atoms with E-state index in [9.17, 15) is 14.4 Å². The van der Waals surface area contributed by atoms with E-state index in [0.717, 1.165) is 0 Å². The molecule has 220 valence electrons. The van der Waals surface area contributed by atoms with Crippen molar-refractivity contribution < 1.29 is 42.7 Å². The molecule has 0 aliphatic rings. The summed E-state index contributed by atoms with van der Waals surface area (Å²) < 4.78 is 39.2. The highest BCUT2D eigenvalue weighted by Gasteiger charge is 2.28. The Hall–Kier alpha value is -4.71. The summed E-state index contributed by atoms with van der Waals surface area (Å²) in [5.41, 5.74) is 0.510. The number of ether oxygens (including phenoxy) is 7. The molecule has 0 bridgehead atoms. The van der Waals surface area contributed by atoms with E-state index in [1.54, 1.807) is 42.5 Å². The molecular weight excluding hydrogens is 614 g/mol. The number of aromatic nitrogens is 1. The summed E-state index contributed by atoms with van der Waals surface area (Å²) in [7, 11) is 8.39. The average Bonchev–Trinajstić information content (AvgIpc) is 3.01. The molecular formula is C30H28BrNO10. The molecule has 1 heterocycles. The summed E-state index contributed by atoms with van der Waals surface area (Å²) in [5, 5.41) is 0.619. The van der Waals surface area contributed by atoms with Crippen LogP contribution in [0.25, 0.3) is 27.6 Å². The quantitative estimate of drug-likeness (QED) is 0.223. The van der Waals surface area contributed by atoms with Crippen LogP contribution in [-0.2, 0) is 14.3 Å². The lowest BCUT2D eigenvalue weighted by molar-refractivity contribution is -0.142. The van der Waals surface area contributed by atoms with E-state index in [4.69, 9.17) is 28.4 Å². The van der Waals surface area contributed by atoms with Crippen molar-refractivity contribution in [2.45, 2.75) is 0 Å². The molecule has 0 amide bonds. The fourth-order valence-electron chi connectivity index (χ4n) is 4.53. The Bertz CT molecular complexity index is 1730. The largest absolute Gasteiger partial charge is 0.493 e. The van der Waals surface area contributed by atoms with Gasteiger partial charge in [-0.15, -0.1) is 0 Å². The summed E-state index contributed by atoms with van der Waals surface area (Å²) >= 11 is 3.52. The van der Waals surface area contributed by atoms with Gasteiger partial charge >= 0.3 is 11.9 Å². The molecule has 0 unspecified atom stereocenters. The van der Waals surface area contributed by atoms with Crippen LogP contribution in [0.4, 0.5) is 0 Å². The van der Waals surface area contributed by atoms with Gasteiger partial charge in [0, 0.05) is 17.0 Å². The maximum absolute atomic E-state index is 14.2. The normalized spacial score (nSPS) is 10.6. The van der Waals surface area contributed by atoms with E-state index in [1.807, 2.05) is 0 Å². The van der Waals surface area contributed by atoms with Crippen LogP contribution in [0.5, 0.6) is 28.7 Å². The minimum atomic E-state index is -0.787.